The van der Waals surface area contributed by atoms with Crippen molar-refractivity contribution in [2.75, 3.05) is 13.1 Å². The summed E-state index contributed by atoms with van der Waals surface area (Å²) in [7, 11) is 0. The molecule has 0 saturated heterocycles. The lowest BCUT2D eigenvalue weighted by atomic mass is 10.1. The Morgan fingerprint density at radius 1 is 0.941 bits per heavy atom. The second-order valence-corrected chi connectivity index (χ2v) is 9.17. The summed E-state index contributed by atoms with van der Waals surface area (Å²) in [6, 6.07) is 13.9. The van der Waals surface area contributed by atoms with Gasteiger partial charge in [0.2, 0.25) is 11.8 Å². The van der Waals surface area contributed by atoms with E-state index in [2.05, 4.69) is 5.32 Å². The van der Waals surface area contributed by atoms with Crippen LogP contribution in [0, 0.1) is 12.8 Å². The number of hydrogen-bond acceptors (Lipinski definition) is 4. The molecule has 1 aliphatic heterocycles. The van der Waals surface area contributed by atoms with E-state index in [1.165, 1.54) is 4.90 Å². The van der Waals surface area contributed by atoms with Gasteiger partial charge in [-0.3, -0.25) is 24.1 Å². The third-order valence-corrected chi connectivity index (χ3v) is 6.10. The summed E-state index contributed by atoms with van der Waals surface area (Å²) < 4.78 is 0. The lowest BCUT2D eigenvalue weighted by Crippen LogP contribution is -2.48. The van der Waals surface area contributed by atoms with Crippen molar-refractivity contribution in [2.24, 2.45) is 5.92 Å². The van der Waals surface area contributed by atoms with E-state index in [0.29, 0.717) is 36.6 Å². The number of nitrogens with one attached hydrogen (secondary N) is 1. The van der Waals surface area contributed by atoms with Crippen LogP contribution >= 0.6 is 0 Å². The summed E-state index contributed by atoms with van der Waals surface area (Å²) in [4.78, 5) is 54.0. The molecule has 1 aliphatic rings. The van der Waals surface area contributed by atoms with Gasteiger partial charge in [0, 0.05) is 26.1 Å². The molecule has 7 heteroatoms. The van der Waals surface area contributed by atoms with Crippen LogP contribution in [0.3, 0.4) is 0 Å². The number of aryl methyl sites for hydroxylation is 1. The van der Waals surface area contributed by atoms with E-state index >= 15 is 0 Å². The summed E-state index contributed by atoms with van der Waals surface area (Å²) in [6.07, 6.45) is 0.454. The highest BCUT2D eigenvalue weighted by molar-refractivity contribution is 6.21. The zero-order valence-corrected chi connectivity index (χ0v) is 20.3. The van der Waals surface area contributed by atoms with Gasteiger partial charge in [-0.05, 0) is 49.4 Å². The molecular formula is C27H33N3O4. The van der Waals surface area contributed by atoms with Crippen LogP contribution in [0.15, 0.2) is 48.5 Å². The molecule has 0 fully saturated rings. The fourth-order valence-corrected chi connectivity index (χ4v) is 3.98. The molecule has 34 heavy (non-hydrogen) atoms. The first-order chi connectivity index (χ1) is 16.2. The third kappa shape index (κ3) is 5.71. The molecular weight excluding hydrogens is 430 g/mol. The van der Waals surface area contributed by atoms with Crippen molar-refractivity contribution in [1.82, 2.24) is 15.1 Å². The van der Waals surface area contributed by atoms with Gasteiger partial charge in [0.1, 0.15) is 6.04 Å². The van der Waals surface area contributed by atoms with Gasteiger partial charge in [0.25, 0.3) is 11.8 Å². The van der Waals surface area contributed by atoms with E-state index < -0.39 is 6.04 Å². The zero-order valence-electron chi connectivity index (χ0n) is 20.3. The molecule has 1 heterocycles. The number of carbonyl (C=O) groups excluding carboxylic acids is 4. The highest BCUT2D eigenvalue weighted by Crippen LogP contribution is 2.23. The minimum Gasteiger partial charge on any atom is -0.354 e. The van der Waals surface area contributed by atoms with Crippen molar-refractivity contribution in [3.05, 3.63) is 70.8 Å². The van der Waals surface area contributed by atoms with Gasteiger partial charge >= 0.3 is 0 Å². The van der Waals surface area contributed by atoms with Crippen molar-refractivity contribution in [1.29, 1.82) is 0 Å². The van der Waals surface area contributed by atoms with E-state index in [0.717, 1.165) is 11.1 Å². The molecule has 2 aromatic rings. The second-order valence-electron chi connectivity index (χ2n) is 9.17. The van der Waals surface area contributed by atoms with Crippen LogP contribution in [0.25, 0.3) is 0 Å². The predicted molar refractivity (Wildman–Crippen MR) is 130 cm³/mol. The van der Waals surface area contributed by atoms with Gasteiger partial charge in [-0.15, -0.1) is 0 Å². The molecule has 0 spiro atoms. The third-order valence-electron chi connectivity index (χ3n) is 6.10. The number of imide groups is 1. The monoisotopic (exact) mass is 463 g/mol. The Bertz CT molecular complexity index is 1040. The highest BCUT2D eigenvalue weighted by Gasteiger charge is 2.35. The summed E-state index contributed by atoms with van der Waals surface area (Å²) >= 11 is 0. The summed E-state index contributed by atoms with van der Waals surface area (Å²) in [5, 5.41) is 2.91. The maximum Gasteiger partial charge on any atom is 0.261 e. The molecule has 0 aliphatic carbocycles. The Kier molecular flexibility index (Phi) is 8.21. The van der Waals surface area contributed by atoms with Gasteiger partial charge in [-0.25, -0.2) is 0 Å². The minimum absolute atomic E-state index is 0.126. The Morgan fingerprint density at radius 3 is 2.12 bits per heavy atom. The van der Waals surface area contributed by atoms with Gasteiger partial charge in [-0.2, -0.15) is 0 Å². The minimum atomic E-state index is -0.648. The van der Waals surface area contributed by atoms with Crippen molar-refractivity contribution < 1.29 is 19.2 Å². The number of carbonyl (C=O) groups is 4. The first-order valence-electron chi connectivity index (χ1n) is 11.8. The molecule has 0 aromatic heterocycles. The van der Waals surface area contributed by atoms with Crippen LogP contribution in [-0.4, -0.2) is 52.6 Å². The lowest BCUT2D eigenvalue weighted by molar-refractivity contribution is -0.140. The molecule has 0 saturated carbocycles. The van der Waals surface area contributed by atoms with Crippen LogP contribution in [0.5, 0.6) is 0 Å². The number of nitrogens with zero attached hydrogens (tertiary/aromatic N) is 2. The summed E-state index contributed by atoms with van der Waals surface area (Å²) in [5.41, 5.74) is 2.81. The quantitative estimate of drug-likeness (QED) is 0.546. The van der Waals surface area contributed by atoms with Crippen molar-refractivity contribution in [3.63, 3.8) is 0 Å². The van der Waals surface area contributed by atoms with E-state index in [1.54, 1.807) is 36.1 Å². The van der Waals surface area contributed by atoms with Crippen LogP contribution in [0.4, 0.5) is 0 Å². The smallest absolute Gasteiger partial charge is 0.261 e. The highest BCUT2D eigenvalue weighted by atomic mass is 16.2. The molecule has 1 atom stereocenters. The Labute approximate surface area is 201 Å². The standard InChI is InChI=1S/C27H33N3O4/c1-18(2)16-28-25(32)20(4)30(17-21-11-6-5-10-19(21)3)24(31)14-9-15-29-26(33)22-12-7-8-13-23(22)27(29)34/h5-8,10-13,18,20H,9,14-17H2,1-4H3,(H,28,32)/t20-/m1/s1. The topological polar surface area (TPSA) is 86.8 Å². The van der Waals surface area contributed by atoms with Crippen molar-refractivity contribution in [3.8, 4) is 0 Å². The van der Waals surface area contributed by atoms with E-state index in [1.807, 2.05) is 45.0 Å². The molecule has 0 unspecified atom stereocenters. The number of fused-ring (bicyclic) bond motifs is 1. The Balaban J connectivity index is 1.67. The van der Waals surface area contributed by atoms with Crippen molar-refractivity contribution >= 4 is 23.6 Å². The second kappa shape index (κ2) is 11.1. The molecule has 180 valence electrons. The molecule has 3 rings (SSSR count). The maximum atomic E-state index is 13.3. The van der Waals surface area contributed by atoms with Crippen molar-refractivity contribution in [2.45, 2.75) is 53.1 Å². The van der Waals surface area contributed by atoms with Gasteiger partial charge < -0.3 is 10.2 Å². The van der Waals surface area contributed by atoms with Crippen LogP contribution in [0.2, 0.25) is 0 Å². The first-order valence-corrected chi connectivity index (χ1v) is 11.8. The number of rotatable bonds is 10. The largest absolute Gasteiger partial charge is 0.354 e. The van der Waals surface area contributed by atoms with E-state index in [-0.39, 0.29) is 36.6 Å². The predicted octanol–water partition coefficient (Wildman–Crippen LogP) is 3.56. The fraction of sp³-hybridized carbons (Fsp3) is 0.407. The van der Waals surface area contributed by atoms with Gasteiger partial charge in [0.15, 0.2) is 0 Å². The lowest BCUT2D eigenvalue weighted by Gasteiger charge is -2.30. The average molecular weight is 464 g/mol. The molecule has 1 N–H and O–H groups in total. The Morgan fingerprint density at radius 2 is 1.53 bits per heavy atom. The average Bonchev–Trinajstić information content (AvgIpc) is 3.06. The molecule has 0 bridgehead atoms. The van der Waals surface area contributed by atoms with E-state index in [4.69, 9.17) is 0 Å². The summed E-state index contributed by atoms with van der Waals surface area (Å²) in [6.45, 7) is 8.74. The van der Waals surface area contributed by atoms with Crippen LogP contribution in [0.1, 0.15) is 65.5 Å². The van der Waals surface area contributed by atoms with Gasteiger partial charge in [0.05, 0.1) is 11.1 Å². The molecule has 2 aromatic carbocycles. The maximum absolute atomic E-state index is 13.3. The molecule has 0 radical (unpaired) electrons. The SMILES string of the molecule is Cc1ccccc1CN(C(=O)CCCN1C(=O)c2ccccc2C1=O)[C@H](C)C(=O)NCC(C)C. The summed E-state index contributed by atoms with van der Waals surface area (Å²) in [5.74, 6) is -0.739. The normalized spacial score (nSPS) is 13.7. The van der Waals surface area contributed by atoms with Gasteiger partial charge in [-0.1, -0.05) is 50.2 Å². The first kappa shape index (κ1) is 25.1. The zero-order chi connectivity index (χ0) is 24.8. The van der Waals surface area contributed by atoms with Crippen LogP contribution in [-0.2, 0) is 16.1 Å². The number of amides is 4. The molecule has 7 nitrogen and oxygen atoms in total. The van der Waals surface area contributed by atoms with E-state index in [9.17, 15) is 19.2 Å². The Hall–Kier alpha value is -3.48. The number of benzene rings is 2. The fourth-order valence-electron chi connectivity index (χ4n) is 3.98. The molecule has 4 amide bonds. The number of hydrogen-bond donors (Lipinski definition) is 1. The van der Waals surface area contributed by atoms with Crippen LogP contribution < -0.4 is 5.32 Å².